The number of nitrogen functional groups attached to an aromatic ring is 1. The highest BCUT2D eigenvalue weighted by Gasteiger charge is 2.23. The van der Waals surface area contributed by atoms with Gasteiger partial charge in [0.05, 0.1) is 13.2 Å². The van der Waals surface area contributed by atoms with Crippen molar-refractivity contribution in [2.24, 2.45) is 0 Å². The summed E-state index contributed by atoms with van der Waals surface area (Å²) < 4.78 is 5.20. The molecule has 4 N–H and O–H groups in total. The number of hydrogen-bond acceptors (Lipinski definition) is 4. The number of anilines is 2. The molecular formula is C14H20N4O3. The second-order valence-corrected chi connectivity index (χ2v) is 4.88. The molecule has 1 aliphatic heterocycles. The zero-order valence-corrected chi connectivity index (χ0v) is 12.0. The fraction of sp³-hybridized carbons (Fsp3) is 0.429. The number of carbonyl (C=O) groups excluding carboxylic acids is 2. The zero-order chi connectivity index (χ0) is 15.2. The molecule has 0 aromatic heterocycles. The molecule has 1 aromatic rings. The first-order chi connectivity index (χ1) is 10.1. The molecule has 0 aliphatic carbocycles. The van der Waals surface area contributed by atoms with E-state index in [0.717, 1.165) is 0 Å². The Kier molecular flexibility index (Phi) is 4.99. The van der Waals surface area contributed by atoms with E-state index in [0.29, 0.717) is 37.7 Å². The average Bonchev–Trinajstić information content (AvgIpc) is 2.47. The van der Waals surface area contributed by atoms with Crippen molar-refractivity contribution in [2.45, 2.75) is 13.0 Å². The minimum absolute atomic E-state index is 0.110. The highest BCUT2D eigenvalue weighted by molar-refractivity contribution is 5.93. The normalized spacial score (nSPS) is 16.1. The first-order valence-corrected chi connectivity index (χ1v) is 6.86. The van der Waals surface area contributed by atoms with E-state index in [1.165, 1.54) is 0 Å². The predicted octanol–water partition coefficient (Wildman–Crippen LogP) is 0.638. The van der Waals surface area contributed by atoms with Gasteiger partial charge in [-0.2, -0.15) is 0 Å². The Balaban J connectivity index is 1.85. The number of carbonyl (C=O) groups is 2. The Morgan fingerprint density at radius 1 is 1.33 bits per heavy atom. The molecule has 1 heterocycles. The van der Waals surface area contributed by atoms with Crippen molar-refractivity contribution >= 4 is 23.3 Å². The van der Waals surface area contributed by atoms with Crippen LogP contribution in [0, 0.1) is 0 Å². The van der Waals surface area contributed by atoms with E-state index in [-0.39, 0.29) is 5.91 Å². The van der Waals surface area contributed by atoms with Crippen LogP contribution in [0.4, 0.5) is 16.2 Å². The Morgan fingerprint density at radius 2 is 2.05 bits per heavy atom. The largest absolute Gasteiger partial charge is 0.399 e. The van der Waals surface area contributed by atoms with E-state index in [9.17, 15) is 9.59 Å². The number of ether oxygens (including phenoxy) is 1. The molecule has 1 fully saturated rings. The topological polar surface area (TPSA) is 96.7 Å². The lowest BCUT2D eigenvalue weighted by atomic mass is 10.2. The van der Waals surface area contributed by atoms with Crippen molar-refractivity contribution in [1.29, 1.82) is 0 Å². The molecule has 114 valence electrons. The van der Waals surface area contributed by atoms with E-state index < -0.39 is 12.1 Å². The van der Waals surface area contributed by atoms with Crippen molar-refractivity contribution in [3.8, 4) is 0 Å². The summed E-state index contributed by atoms with van der Waals surface area (Å²) in [6.45, 7) is 3.85. The van der Waals surface area contributed by atoms with Gasteiger partial charge in [0.25, 0.3) is 0 Å². The van der Waals surface area contributed by atoms with Crippen molar-refractivity contribution in [3.05, 3.63) is 24.3 Å². The summed E-state index contributed by atoms with van der Waals surface area (Å²) in [4.78, 5) is 25.7. The molecular weight excluding hydrogens is 272 g/mol. The van der Waals surface area contributed by atoms with Gasteiger partial charge in [0.1, 0.15) is 6.04 Å². The molecule has 21 heavy (non-hydrogen) atoms. The second-order valence-electron chi connectivity index (χ2n) is 4.88. The predicted molar refractivity (Wildman–Crippen MR) is 79.9 cm³/mol. The van der Waals surface area contributed by atoms with Crippen molar-refractivity contribution in [3.63, 3.8) is 0 Å². The van der Waals surface area contributed by atoms with Gasteiger partial charge >= 0.3 is 6.03 Å². The number of morpholine rings is 1. The number of urea groups is 1. The summed E-state index contributed by atoms with van der Waals surface area (Å²) in [6, 6.07) is 5.82. The van der Waals surface area contributed by atoms with Gasteiger partial charge in [0, 0.05) is 24.5 Å². The Morgan fingerprint density at radius 3 is 2.71 bits per heavy atom. The SMILES string of the molecule is CC(NC(=O)Nc1cccc(N)c1)C(=O)N1CCOCC1. The molecule has 0 radical (unpaired) electrons. The summed E-state index contributed by atoms with van der Waals surface area (Å²) in [7, 11) is 0. The van der Waals surface area contributed by atoms with Gasteiger partial charge in [-0.1, -0.05) is 6.07 Å². The van der Waals surface area contributed by atoms with Crippen LogP contribution in [0.2, 0.25) is 0 Å². The quantitative estimate of drug-likeness (QED) is 0.712. The first-order valence-electron chi connectivity index (χ1n) is 6.86. The smallest absolute Gasteiger partial charge is 0.319 e. The maximum absolute atomic E-state index is 12.1. The third-order valence-electron chi connectivity index (χ3n) is 3.19. The van der Waals surface area contributed by atoms with Gasteiger partial charge in [-0.15, -0.1) is 0 Å². The number of nitrogens with one attached hydrogen (secondary N) is 2. The van der Waals surface area contributed by atoms with Crippen molar-refractivity contribution in [1.82, 2.24) is 10.2 Å². The van der Waals surface area contributed by atoms with Crippen LogP contribution in [0.25, 0.3) is 0 Å². The zero-order valence-electron chi connectivity index (χ0n) is 12.0. The van der Waals surface area contributed by atoms with Crippen LogP contribution >= 0.6 is 0 Å². The van der Waals surface area contributed by atoms with Crippen LogP contribution in [0.15, 0.2) is 24.3 Å². The van der Waals surface area contributed by atoms with Gasteiger partial charge in [0.15, 0.2) is 0 Å². The number of rotatable bonds is 3. The van der Waals surface area contributed by atoms with Gasteiger partial charge in [-0.25, -0.2) is 4.79 Å². The number of nitrogens with zero attached hydrogens (tertiary/aromatic N) is 1. The molecule has 1 unspecified atom stereocenters. The summed E-state index contributed by atoms with van der Waals surface area (Å²) in [5.74, 6) is -0.110. The minimum Gasteiger partial charge on any atom is -0.399 e. The van der Waals surface area contributed by atoms with Crippen molar-refractivity contribution in [2.75, 3.05) is 37.4 Å². The summed E-state index contributed by atoms with van der Waals surface area (Å²) in [6.07, 6.45) is 0. The third-order valence-corrected chi connectivity index (χ3v) is 3.19. The fourth-order valence-corrected chi connectivity index (χ4v) is 2.10. The first kappa shape index (κ1) is 15.1. The molecule has 0 spiro atoms. The highest BCUT2D eigenvalue weighted by atomic mass is 16.5. The lowest BCUT2D eigenvalue weighted by Gasteiger charge is -2.29. The van der Waals surface area contributed by atoms with E-state index in [1.807, 2.05) is 0 Å². The molecule has 1 aliphatic rings. The number of amides is 3. The molecule has 0 saturated carbocycles. The molecule has 0 bridgehead atoms. The van der Waals surface area contributed by atoms with Crippen LogP contribution in [-0.2, 0) is 9.53 Å². The average molecular weight is 292 g/mol. The molecule has 7 nitrogen and oxygen atoms in total. The molecule has 1 aromatic carbocycles. The van der Waals surface area contributed by atoms with Gasteiger partial charge in [0.2, 0.25) is 5.91 Å². The van der Waals surface area contributed by atoms with Gasteiger partial charge in [-0.3, -0.25) is 4.79 Å². The number of hydrogen-bond donors (Lipinski definition) is 3. The van der Waals surface area contributed by atoms with Crippen LogP contribution in [0.1, 0.15) is 6.92 Å². The Hall–Kier alpha value is -2.28. The van der Waals surface area contributed by atoms with E-state index in [4.69, 9.17) is 10.5 Å². The summed E-state index contributed by atoms with van der Waals surface area (Å²) >= 11 is 0. The van der Waals surface area contributed by atoms with Gasteiger partial charge in [-0.05, 0) is 25.1 Å². The summed E-state index contributed by atoms with van der Waals surface area (Å²) in [5, 5.41) is 5.27. The molecule has 1 atom stereocenters. The molecule has 1 saturated heterocycles. The Labute approximate surface area is 123 Å². The number of benzene rings is 1. The van der Waals surface area contributed by atoms with Crippen LogP contribution < -0.4 is 16.4 Å². The third kappa shape index (κ3) is 4.35. The van der Waals surface area contributed by atoms with E-state index >= 15 is 0 Å². The molecule has 2 rings (SSSR count). The maximum atomic E-state index is 12.1. The van der Waals surface area contributed by atoms with Crippen LogP contribution in [-0.4, -0.2) is 49.2 Å². The molecule has 7 heteroatoms. The van der Waals surface area contributed by atoms with Crippen LogP contribution in [0.5, 0.6) is 0 Å². The monoisotopic (exact) mass is 292 g/mol. The highest BCUT2D eigenvalue weighted by Crippen LogP contribution is 2.11. The second kappa shape index (κ2) is 6.94. The van der Waals surface area contributed by atoms with Gasteiger partial charge < -0.3 is 26.0 Å². The van der Waals surface area contributed by atoms with E-state index in [1.54, 1.807) is 36.1 Å². The maximum Gasteiger partial charge on any atom is 0.319 e. The Bertz CT molecular complexity index is 515. The van der Waals surface area contributed by atoms with Crippen molar-refractivity contribution < 1.29 is 14.3 Å². The molecule has 3 amide bonds. The fourth-order valence-electron chi connectivity index (χ4n) is 2.10. The van der Waals surface area contributed by atoms with E-state index in [2.05, 4.69) is 10.6 Å². The standard InChI is InChI=1S/C14H20N4O3/c1-10(13(19)18-5-7-21-8-6-18)16-14(20)17-12-4-2-3-11(15)9-12/h2-4,9-10H,5-8,15H2,1H3,(H2,16,17,20). The van der Waals surface area contributed by atoms with Crippen LogP contribution in [0.3, 0.4) is 0 Å². The number of nitrogens with two attached hydrogens (primary N) is 1. The minimum atomic E-state index is -0.593. The summed E-state index contributed by atoms with van der Waals surface area (Å²) in [5.41, 5.74) is 6.78. The lowest BCUT2D eigenvalue weighted by Crippen LogP contribution is -2.51. The lowest BCUT2D eigenvalue weighted by molar-refractivity contribution is -0.136.